The summed E-state index contributed by atoms with van der Waals surface area (Å²) in [4.78, 5) is 0.222. The lowest BCUT2D eigenvalue weighted by Gasteiger charge is -2.15. The Bertz CT molecular complexity index is 680. The molecule has 2 rings (SSSR count). The topological polar surface area (TPSA) is 101 Å². The van der Waals surface area contributed by atoms with Gasteiger partial charge in [0.05, 0.1) is 11.1 Å². The summed E-state index contributed by atoms with van der Waals surface area (Å²) < 4.78 is 27.3. The van der Waals surface area contributed by atoms with Crippen molar-refractivity contribution in [3.05, 3.63) is 35.0 Å². The number of anilines is 2. The van der Waals surface area contributed by atoms with Gasteiger partial charge in [-0.3, -0.25) is 9.82 Å². The normalized spacial score (nSPS) is 11.5. The van der Waals surface area contributed by atoms with E-state index in [2.05, 4.69) is 14.9 Å². The molecule has 6 nitrogen and oxygen atoms in total. The lowest BCUT2D eigenvalue weighted by atomic mass is 10.1. The monoisotopic (exact) mass is 280 g/mol. The molecule has 2 aromatic rings. The van der Waals surface area contributed by atoms with Crippen LogP contribution >= 0.6 is 0 Å². The molecule has 1 heterocycles. The van der Waals surface area contributed by atoms with Crippen molar-refractivity contribution in [2.75, 3.05) is 10.5 Å². The fourth-order valence-electron chi connectivity index (χ4n) is 1.95. The molecular weight excluding hydrogens is 264 g/mol. The first kappa shape index (κ1) is 13.4. The Labute approximate surface area is 112 Å². The first-order chi connectivity index (χ1) is 8.83. The van der Waals surface area contributed by atoms with Crippen LogP contribution in [0.15, 0.2) is 23.2 Å². The van der Waals surface area contributed by atoms with Gasteiger partial charge in [0.15, 0.2) is 0 Å². The standard InChI is InChI=1S/C12H16N4O2S/c1-7-6-10(13)9(3)12(8(7)2)19(17,18)16-11-4-5-14-15-11/h4-6H,13H2,1-3H3,(H2,14,15,16). The van der Waals surface area contributed by atoms with Crippen LogP contribution in [0.4, 0.5) is 11.5 Å². The summed E-state index contributed by atoms with van der Waals surface area (Å²) in [5.74, 6) is 0.318. The minimum absolute atomic E-state index is 0.222. The summed E-state index contributed by atoms with van der Waals surface area (Å²) >= 11 is 0. The van der Waals surface area contributed by atoms with Gasteiger partial charge in [-0.2, -0.15) is 5.10 Å². The molecule has 0 bridgehead atoms. The lowest BCUT2D eigenvalue weighted by molar-refractivity contribution is 0.599. The molecule has 19 heavy (non-hydrogen) atoms. The summed E-state index contributed by atoms with van der Waals surface area (Å²) in [5, 5.41) is 6.26. The maximum Gasteiger partial charge on any atom is 0.263 e. The minimum Gasteiger partial charge on any atom is -0.398 e. The Morgan fingerprint density at radius 3 is 2.53 bits per heavy atom. The number of nitrogens with zero attached hydrogens (tertiary/aromatic N) is 1. The fraction of sp³-hybridized carbons (Fsp3) is 0.250. The van der Waals surface area contributed by atoms with Gasteiger partial charge in [-0.25, -0.2) is 8.42 Å². The van der Waals surface area contributed by atoms with Crippen molar-refractivity contribution < 1.29 is 8.42 Å². The number of aromatic amines is 1. The molecular formula is C12H16N4O2S. The number of nitrogens with one attached hydrogen (secondary N) is 2. The minimum atomic E-state index is -3.69. The Kier molecular flexibility index (Phi) is 3.23. The van der Waals surface area contributed by atoms with Crippen LogP contribution in [0.5, 0.6) is 0 Å². The third-order valence-corrected chi connectivity index (χ3v) is 4.73. The second kappa shape index (κ2) is 4.58. The highest BCUT2D eigenvalue weighted by molar-refractivity contribution is 7.92. The molecule has 0 aliphatic heterocycles. The van der Waals surface area contributed by atoms with Gasteiger partial charge in [0, 0.05) is 11.8 Å². The van der Waals surface area contributed by atoms with Gasteiger partial charge in [0.1, 0.15) is 5.82 Å². The average Bonchev–Trinajstić information content (AvgIpc) is 2.78. The van der Waals surface area contributed by atoms with Gasteiger partial charge >= 0.3 is 0 Å². The first-order valence-electron chi connectivity index (χ1n) is 5.71. The van der Waals surface area contributed by atoms with Crippen LogP contribution in [-0.2, 0) is 10.0 Å². The summed E-state index contributed by atoms with van der Waals surface area (Å²) in [6.07, 6.45) is 1.47. The van der Waals surface area contributed by atoms with Crippen LogP contribution < -0.4 is 10.5 Å². The van der Waals surface area contributed by atoms with Crippen molar-refractivity contribution >= 4 is 21.5 Å². The molecule has 0 fully saturated rings. The third-order valence-electron chi connectivity index (χ3n) is 3.09. The molecule has 102 valence electrons. The Hall–Kier alpha value is -2.02. The maximum atomic E-state index is 12.4. The second-order valence-corrected chi connectivity index (χ2v) is 6.06. The SMILES string of the molecule is Cc1cc(N)c(C)c(S(=O)(=O)Nc2ccn[nH]2)c1C. The number of nitrogens with two attached hydrogens (primary N) is 1. The molecule has 0 unspecified atom stereocenters. The third kappa shape index (κ3) is 2.41. The van der Waals surface area contributed by atoms with Gasteiger partial charge in [-0.15, -0.1) is 0 Å². The van der Waals surface area contributed by atoms with Gasteiger partial charge < -0.3 is 5.73 Å². The van der Waals surface area contributed by atoms with Crippen LogP contribution in [0.2, 0.25) is 0 Å². The van der Waals surface area contributed by atoms with Gasteiger partial charge in [-0.05, 0) is 43.5 Å². The van der Waals surface area contributed by atoms with E-state index in [1.165, 1.54) is 6.20 Å². The van der Waals surface area contributed by atoms with Gasteiger partial charge in [0.25, 0.3) is 10.0 Å². The van der Waals surface area contributed by atoms with E-state index in [9.17, 15) is 8.42 Å². The van der Waals surface area contributed by atoms with E-state index in [4.69, 9.17) is 5.73 Å². The number of hydrogen-bond acceptors (Lipinski definition) is 4. The number of aryl methyl sites for hydroxylation is 1. The number of sulfonamides is 1. The Balaban J connectivity index is 2.58. The van der Waals surface area contributed by atoms with E-state index in [0.717, 1.165) is 5.56 Å². The van der Waals surface area contributed by atoms with Crippen molar-refractivity contribution in [3.63, 3.8) is 0 Å². The van der Waals surface area contributed by atoms with Gasteiger partial charge in [0.2, 0.25) is 0 Å². The highest BCUT2D eigenvalue weighted by atomic mass is 32.2. The van der Waals surface area contributed by atoms with Gasteiger partial charge in [-0.1, -0.05) is 0 Å². The summed E-state index contributed by atoms with van der Waals surface area (Å²) in [5.41, 5.74) is 8.40. The maximum absolute atomic E-state index is 12.4. The number of hydrogen-bond donors (Lipinski definition) is 3. The zero-order chi connectivity index (χ0) is 14.2. The largest absolute Gasteiger partial charge is 0.398 e. The molecule has 0 atom stereocenters. The van der Waals surface area contributed by atoms with Crippen molar-refractivity contribution in [1.29, 1.82) is 0 Å². The van der Waals surface area contributed by atoms with Crippen molar-refractivity contribution in [1.82, 2.24) is 10.2 Å². The molecule has 0 saturated carbocycles. The molecule has 4 N–H and O–H groups in total. The number of H-pyrrole nitrogens is 1. The predicted octanol–water partition coefficient (Wildman–Crippen LogP) is 1.72. The molecule has 1 aromatic carbocycles. The summed E-state index contributed by atoms with van der Waals surface area (Å²) in [6, 6.07) is 3.32. The van der Waals surface area contributed by atoms with E-state index in [1.54, 1.807) is 26.0 Å². The zero-order valence-corrected chi connectivity index (χ0v) is 11.8. The zero-order valence-electron chi connectivity index (χ0n) is 11.0. The molecule has 0 spiro atoms. The van der Waals surface area contributed by atoms with Crippen LogP contribution in [-0.4, -0.2) is 18.6 Å². The quantitative estimate of drug-likeness (QED) is 0.745. The van der Waals surface area contributed by atoms with E-state index < -0.39 is 10.0 Å². The number of rotatable bonds is 3. The smallest absolute Gasteiger partial charge is 0.263 e. The van der Waals surface area contributed by atoms with E-state index >= 15 is 0 Å². The predicted molar refractivity (Wildman–Crippen MR) is 74.5 cm³/mol. The molecule has 0 amide bonds. The highest BCUT2D eigenvalue weighted by Gasteiger charge is 2.22. The first-order valence-corrected chi connectivity index (χ1v) is 7.19. The van der Waals surface area contributed by atoms with Crippen molar-refractivity contribution in [2.45, 2.75) is 25.7 Å². The molecule has 0 aliphatic rings. The summed E-state index contributed by atoms with van der Waals surface area (Å²) in [6.45, 7) is 5.30. The number of aromatic nitrogens is 2. The van der Waals surface area contributed by atoms with Crippen LogP contribution in [0, 0.1) is 20.8 Å². The lowest BCUT2D eigenvalue weighted by Crippen LogP contribution is -2.17. The number of nitrogen functional groups attached to an aromatic ring is 1. The van der Waals surface area contributed by atoms with E-state index in [-0.39, 0.29) is 4.90 Å². The molecule has 7 heteroatoms. The molecule has 0 radical (unpaired) electrons. The average molecular weight is 280 g/mol. The molecule has 0 aliphatic carbocycles. The molecule has 0 saturated heterocycles. The van der Waals surface area contributed by atoms with E-state index in [0.29, 0.717) is 22.6 Å². The molecule has 1 aromatic heterocycles. The number of benzene rings is 1. The second-order valence-electron chi connectivity index (χ2n) is 4.44. The van der Waals surface area contributed by atoms with E-state index in [1.807, 2.05) is 6.92 Å². The van der Waals surface area contributed by atoms with Crippen molar-refractivity contribution in [3.8, 4) is 0 Å². The fourth-order valence-corrected chi connectivity index (χ4v) is 3.54. The highest BCUT2D eigenvalue weighted by Crippen LogP contribution is 2.28. The van der Waals surface area contributed by atoms with Crippen molar-refractivity contribution in [2.24, 2.45) is 0 Å². The Morgan fingerprint density at radius 2 is 1.95 bits per heavy atom. The summed E-state index contributed by atoms with van der Waals surface area (Å²) in [7, 11) is -3.69. The Morgan fingerprint density at radius 1 is 1.26 bits per heavy atom. The van der Waals surface area contributed by atoms with Crippen LogP contribution in [0.25, 0.3) is 0 Å². The van der Waals surface area contributed by atoms with Crippen LogP contribution in [0.3, 0.4) is 0 Å². The van der Waals surface area contributed by atoms with Crippen LogP contribution in [0.1, 0.15) is 16.7 Å².